The van der Waals surface area contributed by atoms with E-state index in [1.54, 1.807) is 0 Å². The van der Waals surface area contributed by atoms with E-state index in [2.05, 4.69) is 13.8 Å². The third kappa shape index (κ3) is 2.77. The molecule has 4 nitrogen and oxygen atoms in total. The minimum absolute atomic E-state index is 0.0259. The van der Waals surface area contributed by atoms with Crippen LogP contribution in [0.25, 0.3) is 0 Å². The van der Waals surface area contributed by atoms with Gasteiger partial charge in [-0.1, -0.05) is 20.3 Å². The zero-order valence-electron chi connectivity index (χ0n) is 12.2. The second-order valence-corrected chi connectivity index (χ2v) is 6.36. The van der Waals surface area contributed by atoms with Gasteiger partial charge in [0.2, 0.25) is 11.8 Å². The minimum Gasteiger partial charge on any atom is -0.369 e. The quantitative estimate of drug-likeness (QED) is 0.845. The summed E-state index contributed by atoms with van der Waals surface area (Å²) in [6, 6.07) is 0. The van der Waals surface area contributed by atoms with Crippen LogP contribution in [-0.4, -0.2) is 29.8 Å². The Balaban J connectivity index is 1.89. The van der Waals surface area contributed by atoms with Gasteiger partial charge in [-0.25, -0.2) is 0 Å². The van der Waals surface area contributed by atoms with Gasteiger partial charge in [-0.3, -0.25) is 9.59 Å². The summed E-state index contributed by atoms with van der Waals surface area (Å²) in [6.45, 7) is 6.21. The van der Waals surface area contributed by atoms with Gasteiger partial charge in [-0.15, -0.1) is 0 Å². The third-order valence-electron chi connectivity index (χ3n) is 5.29. The van der Waals surface area contributed by atoms with Gasteiger partial charge in [0.05, 0.1) is 0 Å². The Bertz CT molecular complexity index is 355. The minimum atomic E-state index is -0.238. The lowest BCUT2D eigenvalue weighted by Gasteiger charge is -2.51. The second-order valence-electron chi connectivity index (χ2n) is 6.36. The topological polar surface area (TPSA) is 63.4 Å². The van der Waals surface area contributed by atoms with E-state index in [1.807, 2.05) is 4.90 Å². The number of carbonyl (C=O) groups excluding carboxylic acids is 2. The normalized spacial score (nSPS) is 29.7. The lowest BCUT2D eigenvalue weighted by molar-refractivity contribution is -0.150. The average Bonchev–Trinajstić information content (AvgIpc) is 2.38. The zero-order valence-corrected chi connectivity index (χ0v) is 12.2. The monoisotopic (exact) mass is 266 g/mol. The summed E-state index contributed by atoms with van der Waals surface area (Å²) in [4.78, 5) is 25.7. The molecule has 1 saturated heterocycles. The molecule has 2 atom stereocenters. The van der Waals surface area contributed by atoms with Gasteiger partial charge in [-0.2, -0.15) is 0 Å². The van der Waals surface area contributed by atoms with E-state index in [1.165, 1.54) is 0 Å². The highest BCUT2D eigenvalue weighted by atomic mass is 16.2. The predicted molar refractivity (Wildman–Crippen MR) is 74.2 cm³/mol. The van der Waals surface area contributed by atoms with Crippen LogP contribution in [0.15, 0.2) is 0 Å². The number of nitrogens with zero attached hydrogens (tertiary/aromatic N) is 1. The molecule has 0 aromatic carbocycles. The molecule has 1 aliphatic carbocycles. The Morgan fingerprint density at radius 2 is 1.74 bits per heavy atom. The van der Waals surface area contributed by atoms with Crippen molar-refractivity contribution >= 4 is 11.8 Å². The molecule has 2 unspecified atom stereocenters. The first kappa shape index (κ1) is 14.4. The fourth-order valence-corrected chi connectivity index (χ4v) is 3.55. The summed E-state index contributed by atoms with van der Waals surface area (Å²) in [7, 11) is 0. The van der Waals surface area contributed by atoms with Gasteiger partial charge in [0.15, 0.2) is 0 Å². The highest BCUT2D eigenvalue weighted by molar-refractivity contribution is 5.82. The van der Waals surface area contributed by atoms with Gasteiger partial charge in [0.25, 0.3) is 0 Å². The summed E-state index contributed by atoms with van der Waals surface area (Å²) in [6.07, 6.45) is 5.67. The molecule has 0 aromatic heterocycles. The van der Waals surface area contributed by atoms with E-state index in [9.17, 15) is 9.59 Å². The van der Waals surface area contributed by atoms with Gasteiger partial charge in [-0.05, 0) is 32.1 Å². The largest absolute Gasteiger partial charge is 0.369 e. The maximum Gasteiger partial charge on any atom is 0.225 e. The van der Waals surface area contributed by atoms with Crippen LogP contribution in [0.3, 0.4) is 0 Å². The van der Waals surface area contributed by atoms with Crippen molar-refractivity contribution in [3.63, 3.8) is 0 Å². The van der Waals surface area contributed by atoms with E-state index < -0.39 is 0 Å². The molecule has 4 heteroatoms. The number of likely N-dealkylation sites (tertiary alicyclic amines) is 1. The van der Waals surface area contributed by atoms with Crippen LogP contribution < -0.4 is 5.73 Å². The number of nitrogens with two attached hydrogens (primary N) is 1. The van der Waals surface area contributed by atoms with Gasteiger partial charge in [0, 0.05) is 30.3 Å². The van der Waals surface area contributed by atoms with Crippen LogP contribution in [0.4, 0.5) is 0 Å². The van der Waals surface area contributed by atoms with E-state index in [0.29, 0.717) is 11.8 Å². The summed E-state index contributed by atoms with van der Waals surface area (Å²) in [5, 5.41) is 0. The number of carbonyl (C=O) groups is 2. The van der Waals surface area contributed by atoms with Crippen molar-refractivity contribution in [1.29, 1.82) is 0 Å². The molecular weight excluding hydrogens is 240 g/mol. The molecule has 0 bridgehead atoms. The molecule has 108 valence electrons. The highest BCUT2D eigenvalue weighted by Crippen LogP contribution is 2.39. The number of hydrogen-bond donors (Lipinski definition) is 1. The van der Waals surface area contributed by atoms with Crippen molar-refractivity contribution in [2.45, 2.75) is 52.4 Å². The zero-order chi connectivity index (χ0) is 14.0. The summed E-state index contributed by atoms with van der Waals surface area (Å²) < 4.78 is 0. The second kappa shape index (κ2) is 5.51. The lowest BCUT2D eigenvalue weighted by atomic mass is 9.73. The number of amides is 2. The number of primary amides is 1. The van der Waals surface area contributed by atoms with Gasteiger partial charge < -0.3 is 10.6 Å². The maximum absolute atomic E-state index is 12.4. The molecule has 1 saturated carbocycles. The molecule has 2 rings (SSSR count). The average molecular weight is 266 g/mol. The van der Waals surface area contributed by atoms with Crippen LogP contribution >= 0.6 is 0 Å². The standard InChI is InChI=1S/C15H26N2O2/c1-3-15(4-2)9-17(10-15)14(19)12-7-5-6-11(8-12)13(16)18/h11-12H,3-10H2,1-2H3,(H2,16,18). The number of rotatable bonds is 4. The third-order valence-corrected chi connectivity index (χ3v) is 5.29. The Morgan fingerprint density at radius 3 is 2.26 bits per heavy atom. The molecule has 19 heavy (non-hydrogen) atoms. The predicted octanol–water partition coefficient (Wildman–Crippen LogP) is 1.93. The highest BCUT2D eigenvalue weighted by Gasteiger charge is 2.44. The Hall–Kier alpha value is -1.06. The first-order valence-electron chi connectivity index (χ1n) is 7.59. The Labute approximate surface area is 115 Å². The molecule has 2 aliphatic rings. The fourth-order valence-electron chi connectivity index (χ4n) is 3.55. The molecule has 2 amide bonds. The van der Waals surface area contributed by atoms with Crippen LogP contribution in [0.1, 0.15) is 52.4 Å². The van der Waals surface area contributed by atoms with E-state index in [-0.39, 0.29) is 23.7 Å². The SMILES string of the molecule is CCC1(CC)CN(C(=O)C2CCCC(C(N)=O)C2)C1. The molecule has 1 aliphatic heterocycles. The summed E-state index contributed by atoms with van der Waals surface area (Å²) in [5.41, 5.74) is 5.73. The van der Waals surface area contributed by atoms with Crippen molar-refractivity contribution in [2.75, 3.05) is 13.1 Å². The molecule has 2 fully saturated rings. The van der Waals surface area contributed by atoms with Crippen molar-refractivity contribution in [1.82, 2.24) is 4.90 Å². The molecular formula is C15H26N2O2. The van der Waals surface area contributed by atoms with E-state index in [4.69, 9.17) is 5.73 Å². The van der Waals surface area contributed by atoms with E-state index in [0.717, 1.165) is 45.2 Å². The molecule has 0 radical (unpaired) electrons. The van der Waals surface area contributed by atoms with Crippen molar-refractivity contribution < 1.29 is 9.59 Å². The van der Waals surface area contributed by atoms with Crippen LogP contribution in [0.2, 0.25) is 0 Å². The smallest absolute Gasteiger partial charge is 0.225 e. The molecule has 0 spiro atoms. The van der Waals surface area contributed by atoms with E-state index >= 15 is 0 Å². The first-order chi connectivity index (χ1) is 9.01. The lowest BCUT2D eigenvalue weighted by Crippen LogP contribution is -2.59. The Morgan fingerprint density at radius 1 is 1.16 bits per heavy atom. The van der Waals surface area contributed by atoms with Crippen LogP contribution in [0.5, 0.6) is 0 Å². The van der Waals surface area contributed by atoms with Crippen LogP contribution in [-0.2, 0) is 9.59 Å². The fraction of sp³-hybridized carbons (Fsp3) is 0.867. The van der Waals surface area contributed by atoms with Crippen molar-refractivity contribution in [2.24, 2.45) is 23.0 Å². The molecule has 2 N–H and O–H groups in total. The maximum atomic E-state index is 12.4. The molecule has 1 heterocycles. The first-order valence-corrected chi connectivity index (χ1v) is 7.59. The molecule has 0 aromatic rings. The summed E-state index contributed by atoms with van der Waals surface area (Å²) >= 11 is 0. The number of hydrogen-bond acceptors (Lipinski definition) is 2. The van der Waals surface area contributed by atoms with Gasteiger partial charge in [0.1, 0.15) is 0 Å². The van der Waals surface area contributed by atoms with Gasteiger partial charge >= 0.3 is 0 Å². The summed E-state index contributed by atoms with van der Waals surface area (Å²) in [5.74, 6) is -0.0508. The Kier molecular flexibility index (Phi) is 4.16. The van der Waals surface area contributed by atoms with Crippen molar-refractivity contribution in [3.8, 4) is 0 Å². The van der Waals surface area contributed by atoms with Crippen LogP contribution in [0, 0.1) is 17.3 Å². The van der Waals surface area contributed by atoms with Crippen molar-refractivity contribution in [3.05, 3.63) is 0 Å².